The molecule has 4 rings (SSSR count). The highest BCUT2D eigenvalue weighted by Gasteiger charge is 2.37. The maximum atomic E-state index is 13.8. The van der Waals surface area contributed by atoms with Crippen molar-refractivity contribution in [3.63, 3.8) is 0 Å². The van der Waals surface area contributed by atoms with Crippen LogP contribution < -0.4 is 14.8 Å². The number of alkyl halides is 3. The normalized spacial score (nSPS) is 14.6. The third-order valence-electron chi connectivity index (χ3n) is 5.57. The van der Waals surface area contributed by atoms with Gasteiger partial charge in [-0.1, -0.05) is 24.3 Å². The first-order valence-electron chi connectivity index (χ1n) is 11.4. The van der Waals surface area contributed by atoms with Crippen molar-refractivity contribution in [3.8, 4) is 11.5 Å². The van der Waals surface area contributed by atoms with Crippen LogP contribution in [-0.4, -0.2) is 35.6 Å². The number of thioether (sulfide) groups is 1. The quantitative estimate of drug-likeness (QED) is 0.161. The summed E-state index contributed by atoms with van der Waals surface area (Å²) >= 11 is 2.65. The van der Waals surface area contributed by atoms with E-state index in [1.807, 2.05) is 22.6 Å². The van der Waals surface area contributed by atoms with Gasteiger partial charge in [0.25, 0.3) is 11.1 Å². The van der Waals surface area contributed by atoms with Crippen molar-refractivity contribution < 1.29 is 41.4 Å². The molecule has 0 aromatic heterocycles. The van der Waals surface area contributed by atoms with Crippen LogP contribution in [0.5, 0.6) is 11.5 Å². The molecule has 0 bridgehead atoms. The summed E-state index contributed by atoms with van der Waals surface area (Å²) in [7, 11) is 1.22. The van der Waals surface area contributed by atoms with Gasteiger partial charge in [-0.2, -0.15) is 13.2 Å². The van der Waals surface area contributed by atoms with Crippen LogP contribution in [0.3, 0.4) is 0 Å². The largest absolute Gasteiger partial charge is 0.495 e. The Balaban J connectivity index is 1.43. The summed E-state index contributed by atoms with van der Waals surface area (Å²) in [6.45, 7) is -0.683. The van der Waals surface area contributed by atoms with Crippen molar-refractivity contribution in [1.29, 1.82) is 0 Å². The van der Waals surface area contributed by atoms with E-state index >= 15 is 0 Å². The highest BCUT2D eigenvalue weighted by molar-refractivity contribution is 14.1. The molecule has 0 spiro atoms. The molecule has 0 atom stereocenters. The van der Waals surface area contributed by atoms with Crippen molar-refractivity contribution in [1.82, 2.24) is 4.90 Å². The van der Waals surface area contributed by atoms with Crippen LogP contribution in [-0.2, 0) is 22.4 Å². The Bertz CT molecular complexity index is 1510. The first-order chi connectivity index (χ1) is 19.0. The van der Waals surface area contributed by atoms with E-state index in [-0.39, 0.29) is 28.8 Å². The standard InChI is InChI=1S/C27H19F4IN2O5S/c1-38-22-9-7-17(27(29,30)31)12-20(22)33-24(35)13-34-25(36)23(40-26(34)37)11-15-6-8-21(19(32)10-15)39-14-16-4-2-3-5-18(16)28/h2-12H,13-14H2,1H3,(H,33,35)/b23-11-. The fourth-order valence-electron chi connectivity index (χ4n) is 3.60. The zero-order chi connectivity index (χ0) is 29.0. The number of imide groups is 1. The minimum absolute atomic E-state index is 0.0219. The molecule has 0 unspecified atom stereocenters. The zero-order valence-corrected chi connectivity index (χ0v) is 23.5. The van der Waals surface area contributed by atoms with Gasteiger partial charge >= 0.3 is 6.18 Å². The number of carbonyl (C=O) groups excluding carboxylic acids is 3. The number of hydrogen-bond acceptors (Lipinski definition) is 6. The lowest BCUT2D eigenvalue weighted by Gasteiger charge is -2.16. The molecule has 1 fully saturated rings. The molecule has 40 heavy (non-hydrogen) atoms. The number of nitrogens with zero attached hydrogens (tertiary/aromatic N) is 1. The van der Waals surface area contributed by atoms with Gasteiger partial charge in [0.15, 0.2) is 0 Å². The molecule has 1 saturated heterocycles. The second-order valence-corrected chi connectivity index (χ2v) is 10.5. The molecule has 13 heteroatoms. The second-order valence-electron chi connectivity index (χ2n) is 8.30. The van der Waals surface area contributed by atoms with Crippen molar-refractivity contribution >= 4 is 63.2 Å². The van der Waals surface area contributed by atoms with E-state index in [1.54, 1.807) is 36.4 Å². The van der Waals surface area contributed by atoms with Crippen molar-refractivity contribution in [2.24, 2.45) is 0 Å². The predicted molar refractivity (Wildman–Crippen MR) is 149 cm³/mol. The number of ether oxygens (including phenoxy) is 2. The summed E-state index contributed by atoms with van der Waals surface area (Å²) in [5, 5.41) is 1.56. The Labute approximate surface area is 243 Å². The molecule has 0 aliphatic carbocycles. The van der Waals surface area contributed by atoms with Gasteiger partial charge in [0.05, 0.1) is 26.8 Å². The third-order valence-corrected chi connectivity index (χ3v) is 7.32. The van der Waals surface area contributed by atoms with E-state index in [0.29, 0.717) is 43.2 Å². The summed E-state index contributed by atoms with van der Waals surface area (Å²) < 4.78 is 64.5. The predicted octanol–water partition coefficient (Wildman–Crippen LogP) is 6.71. The molecule has 0 radical (unpaired) electrons. The number of anilines is 1. The van der Waals surface area contributed by atoms with Crippen LogP contribution >= 0.6 is 34.4 Å². The van der Waals surface area contributed by atoms with Crippen LogP contribution in [0, 0.1) is 9.39 Å². The number of hydrogen-bond donors (Lipinski definition) is 1. The summed E-state index contributed by atoms with van der Waals surface area (Å²) in [6, 6.07) is 13.8. The number of benzene rings is 3. The van der Waals surface area contributed by atoms with Crippen LogP contribution in [0.25, 0.3) is 6.08 Å². The topological polar surface area (TPSA) is 84.9 Å². The fraction of sp³-hybridized carbons (Fsp3) is 0.148. The minimum atomic E-state index is -4.65. The van der Waals surface area contributed by atoms with Gasteiger partial charge in [0, 0.05) is 5.56 Å². The highest BCUT2D eigenvalue weighted by Crippen LogP contribution is 2.36. The molecule has 208 valence electrons. The Morgan fingerprint density at radius 1 is 1.07 bits per heavy atom. The smallest absolute Gasteiger partial charge is 0.416 e. The number of nitrogens with one attached hydrogen (secondary N) is 1. The molecular weight excluding hydrogens is 667 g/mol. The molecule has 1 aliphatic rings. The zero-order valence-electron chi connectivity index (χ0n) is 20.6. The van der Waals surface area contributed by atoms with Gasteiger partial charge in [-0.25, -0.2) is 4.39 Å². The highest BCUT2D eigenvalue weighted by atomic mass is 127. The average molecular weight is 686 g/mol. The minimum Gasteiger partial charge on any atom is -0.495 e. The molecule has 7 nitrogen and oxygen atoms in total. The lowest BCUT2D eigenvalue weighted by atomic mass is 10.1. The Morgan fingerprint density at radius 2 is 1.80 bits per heavy atom. The van der Waals surface area contributed by atoms with Crippen LogP contribution in [0.2, 0.25) is 0 Å². The first kappa shape index (κ1) is 29.4. The van der Waals surface area contributed by atoms with Gasteiger partial charge in [0.2, 0.25) is 5.91 Å². The van der Waals surface area contributed by atoms with Crippen LogP contribution in [0.15, 0.2) is 65.6 Å². The molecule has 1 aliphatic heterocycles. The lowest BCUT2D eigenvalue weighted by Crippen LogP contribution is -2.36. The number of halogens is 5. The van der Waals surface area contributed by atoms with E-state index in [2.05, 4.69) is 5.32 Å². The van der Waals surface area contributed by atoms with Crippen molar-refractivity contribution in [2.45, 2.75) is 12.8 Å². The monoisotopic (exact) mass is 686 g/mol. The number of amides is 3. The number of rotatable bonds is 8. The number of carbonyl (C=O) groups is 3. The first-order valence-corrected chi connectivity index (χ1v) is 13.3. The molecule has 0 saturated carbocycles. The molecule has 1 N–H and O–H groups in total. The average Bonchev–Trinajstić information content (AvgIpc) is 3.15. The van der Waals surface area contributed by atoms with E-state index in [1.165, 1.54) is 19.3 Å². The van der Waals surface area contributed by atoms with Crippen LogP contribution in [0.4, 0.5) is 28.0 Å². The maximum Gasteiger partial charge on any atom is 0.416 e. The Kier molecular flexibility index (Phi) is 9.03. The Morgan fingerprint density at radius 3 is 2.48 bits per heavy atom. The Hall–Kier alpha value is -3.59. The van der Waals surface area contributed by atoms with E-state index < -0.39 is 35.3 Å². The summed E-state index contributed by atoms with van der Waals surface area (Å²) in [6.07, 6.45) is -3.17. The van der Waals surface area contributed by atoms with Gasteiger partial charge in [-0.05, 0) is 82.4 Å². The fourth-order valence-corrected chi connectivity index (χ4v) is 5.13. The maximum absolute atomic E-state index is 13.8. The summed E-state index contributed by atoms with van der Waals surface area (Å²) in [5.74, 6) is -1.52. The van der Waals surface area contributed by atoms with Gasteiger partial charge in [-0.3, -0.25) is 19.3 Å². The molecule has 3 aromatic carbocycles. The summed E-state index contributed by atoms with van der Waals surface area (Å²) in [4.78, 5) is 38.6. The van der Waals surface area contributed by atoms with Crippen LogP contribution in [0.1, 0.15) is 16.7 Å². The second kappa shape index (κ2) is 12.3. The molecular formula is C27H19F4IN2O5S. The molecule has 3 aromatic rings. The summed E-state index contributed by atoms with van der Waals surface area (Å²) in [5.41, 5.74) is -0.286. The van der Waals surface area contributed by atoms with E-state index in [9.17, 15) is 31.9 Å². The van der Waals surface area contributed by atoms with Crippen molar-refractivity contribution in [3.05, 3.63) is 91.6 Å². The van der Waals surface area contributed by atoms with Gasteiger partial charge in [-0.15, -0.1) is 0 Å². The van der Waals surface area contributed by atoms with E-state index in [0.717, 1.165) is 12.1 Å². The van der Waals surface area contributed by atoms with Gasteiger partial charge in [0.1, 0.15) is 30.5 Å². The SMILES string of the molecule is COc1ccc(C(F)(F)F)cc1NC(=O)CN1C(=O)S/C(=C\c2ccc(OCc3ccccc3F)c(I)c2)C1=O. The third kappa shape index (κ3) is 6.94. The number of methoxy groups -OCH3 is 1. The van der Waals surface area contributed by atoms with Crippen molar-refractivity contribution in [2.75, 3.05) is 19.0 Å². The lowest BCUT2D eigenvalue weighted by molar-refractivity contribution is -0.137. The van der Waals surface area contributed by atoms with Gasteiger partial charge < -0.3 is 14.8 Å². The molecule has 3 amide bonds. The molecule has 1 heterocycles. The van der Waals surface area contributed by atoms with E-state index in [4.69, 9.17) is 9.47 Å².